The quantitative estimate of drug-likeness (QED) is 0.756. The highest BCUT2D eigenvalue weighted by atomic mass is 32.2. The maximum absolute atomic E-state index is 13.2. The third-order valence-corrected chi connectivity index (χ3v) is 5.94. The Morgan fingerprint density at radius 3 is 2.79 bits per heavy atom. The molecule has 3 rings (SSSR count). The number of aryl methyl sites for hydroxylation is 1. The van der Waals surface area contributed by atoms with Gasteiger partial charge in [0.05, 0.1) is 10.6 Å². The van der Waals surface area contributed by atoms with E-state index in [-0.39, 0.29) is 11.4 Å². The molecule has 1 aromatic carbocycles. The zero-order valence-electron chi connectivity index (χ0n) is 12.7. The standard InChI is InChI=1S/C16H14FN3O2S2/c1-11-15(23-16(20-11)12-4-3-7-18-9-12)10-19-24(21,22)14-6-2-5-13(17)8-14/h2-9,19H,10H2,1H3. The highest BCUT2D eigenvalue weighted by Gasteiger charge is 2.16. The van der Waals surface area contributed by atoms with Crippen molar-refractivity contribution in [1.29, 1.82) is 0 Å². The number of sulfonamides is 1. The molecule has 24 heavy (non-hydrogen) atoms. The lowest BCUT2D eigenvalue weighted by Crippen LogP contribution is -2.23. The smallest absolute Gasteiger partial charge is 0.241 e. The second kappa shape index (κ2) is 6.76. The lowest BCUT2D eigenvalue weighted by Gasteiger charge is -2.06. The molecule has 0 bridgehead atoms. The van der Waals surface area contributed by atoms with Gasteiger partial charge in [-0.2, -0.15) is 0 Å². The predicted octanol–water partition coefficient (Wildman–Crippen LogP) is 3.13. The van der Waals surface area contributed by atoms with Crippen LogP contribution in [0.25, 0.3) is 10.6 Å². The number of nitrogens with one attached hydrogen (secondary N) is 1. The number of hydrogen-bond acceptors (Lipinski definition) is 5. The Balaban J connectivity index is 1.79. The monoisotopic (exact) mass is 363 g/mol. The lowest BCUT2D eigenvalue weighted by molar-refractivity contribution is 0.577. The molecule has 0 saturated carbocycles. The molecule has 0 amide bonds. The number of thiazole rings is 1. The topological polar surface area (TPSA) is 72.0 Å². The Hall–Kier alpha value is -2.16. The molecule has 1 N–H and O–H groups in total. The first-order valence-electron chi connectivity index (χ1n) is 7.07. The van der Waals surface area contributed by atoms with Crippen molar-refractivity contribution in [3.05, 3.63) is 65.2 Å². The summed E-state index contributed by atoms with van der Waals surface area (Å²) in [7, 11) is -3.78. The molecular formula is C16H14FN3O2S2. The zero-order chi connectivity index (χ0) is 17.2. The average molecular weight is 363 g/mol. The van der Waals surface area contributed by atoms with Gasteiger partial charge in [-0.1, -0.05) is 6.07 Å². The van der Waals surface area contributed by atoms with E-state index in [0.717, 1.165) is 27.2 Å². The largest absolute Gasteiger partial charge is 0.264 e. The fraction of sp³-hybridized carbons (Fsp3) is 0.125. The van der Waals surface area contributed by atoms with Gasteiger partial charge in [0.15, 0.2) is 0 Å². The van der Waals surface area contributed by atoms with Gasteiger partial charge in [0.25, 0.3) is 0 Å². The molecule has 0 aliphatic rings. The SMILES string of the molecule is Cc1nc(-c2cccnc2)sc1CNS(=O)(=O)c1cccc(F)c1. The van der Waals surface area contributed by atoms with Gasteiger partial charge in [-0.25, -0.2) is 22.5 Å². The Morgan fingerprint density at radius 1 is 1.25 bits per heavy atom. The van der Waals surface area contributed by atoms with Crippen LogP contribution in [0.3, 0.4) is 0 Å². The molecular weight excluding hydrogens is 349 g/mol. The van der Waals surface area contributed by atoms with Crippen LogP contribution in [0.2, 0.25) is 0 Å². The first-order valence-corrected chi connectivity index (χ1v) is 9.37. The van der Waals surface area contributed by atoms with E-state index >= 15 is 0 Å². The molecule has 2 aromatic heterocycles. The average Bonchev–Trinajstić information content (AvgIpc) is 2.95. The molecule has 0 saturated heterocycles. The maximum atomic E-state index is 13.2. The van der Waals surface area contributed by atoms with E-state index in [1.54, 1.807) is 12.4 Å². The van der Waals surface area contributed by atoms with Crippen molar-refractivity contribution in [3.8, 4) is 10.6 Å². The second-order valence-corrected chi connectivity index (χ2v) is 7.90. The summed E-state index contributed by atoms with van der Waals surface area (Å²) in [6, 6.07) is 8.62. The molecule has 5 nitrogen and oxygen atoms in total. The van der Waals surface area contributed by atoms with E-state index in [1.165, 1.54) is 29.5 Å². The van der Waals surface area contributed by atoms with E-state index in [4.69, 9.17) is 0 Å². The van der Waals surface area contributed by atoms with Crippen LogP contribution in [0.15, 0.2) is 53.7 Å². The number of aromatic nitrogens is 2. The third kappa shape index (κ3) is 3.66. The van der Waals surface area contributed by atoms with E-state index in [0.29, 0.717) is 0 Å². The Labute approximate surface area is 143 Å². The summed E-state index contributed by atoms with van der Waals surface area (Å²) >= 11 is 1.40. The molecule has 0 radical (unpaired) electrons. The Morgan fingerprint density at radius 2 is 2.08 bits per heavy atom. The summed E-state index contributed by atoms with van der Waals surface area (Å²) in [5.41, 5.74) is 1.63. The van der Waals surface area contributed by atoms with Gasteiger partial charge in [-0.3, -0.25) is 4.98 Å². The second-order valence-electron chi connectivity index (χ2n) is 5.05. The highest BCUT2D eigenvalue weighted by Crippen LogP contribution is 2.27. The molecule has 2 heterocycles. The van der Waals surface area contributed by atoms with Gasteiger partial charge < -0.3 is 0 Å². The van der Waals surface area contributed by atoms with E-state index in [9.17, 15) is 12.8 Å². The van der Waals surface area contributed by atoms with Gasteiger partial charge in [-0.15, -0.1) is 11.3 Å². The van der Waals surface area contributed by atoms with Gasteiger partial charge >= 0.3 is 0 Å². The Bertz CT molecular complexity index is 956. The zero-order valence-corrected chi connectivity index (χ0v) is 14.4. The van der Waals surface area contributed by atoms with Crippen LogP contribution in [0.5, 0.6) is 0 Å². The summed E-state index contributed by atoms with van der Waals surface area (Å²) in [6.07, 6.45) is 3.39. The number of hydrogen-bond donors (Lipinski definition) is 1. The summed E-state index contributed by atoms with van der Waals surface area (Å²) in [6.45, 7) is 1.92. The maximum Gasteiger partial charge on any atom is 0.241 e. The fourth-order valence-corrected chi connectivity index (χ4v) is 4.19. The minimum Gasteiger partial charge on any atom is -0.264 e. The van der Waals surface area contributed by atoms with E-state index in [1.807, 2.05) is 19.1 Å². The van der Waals surface area contributed by atoms with Gasteiger partial charge in [0.2, 0.25) is 10.0 Å². The van der Waals surface area contributed by atoms with E-state index < -0.39 is 15.8 Å². The molecule has 8 heteroatoms. The minimum absolute atomic E-state index is 0.0998. The fourth-order valence-electron chi connectivity index (χ4n) is 2.08. The van der Waals surface area contributed by atoms with E-state index in [2.05, 4.69) is 14.7 Å². The van der Waals surface area contributed by atoms with Crippen LogP contribution >= 0.6 is 11.3 Å². The van der Waals surface area contributed by atoms with Crippen molar-refractivity contribution in [1.82, 2.24) is 14.7 Å². The molecule has 0 fully saturated rings. The number of rotatable bonds is 5. The Kier molecular flexibility index (Phi) is 4.70. The molecule has 124 valence electrons. The van der Waals surface area contributed by atoms with Gasteiger partial charge in [0, 0.05) is 29.4 Å². The minimum atomic E-state index is -3.78. The molecule has 0 aliphatic carbocycles. The van der Waals surface area contributed by atoms with Crippen LogP contribution in [-0.2, 0) is 16.6 Å². The number of halogens is 1. The number of pyridine rings is 1. The van der Waals surface area contributed by atoms with Crippen molar-refractivity contribution in [3.63, 3.8) is 0 Å². The predicted molar refractivity (Wildman–Crippen MR) is 90.5 cm³/mol. The normalized spacial score (nSPS) is 11.6. The summed E-state index contributed by atoms with van der Waals surface area (Å²) in [5.74, 6) is -0.592. The molecule has 0 unspecified atom stereocenters. The summed E-state index contributed by atoms with van der Waals surface area (Å²) in [4.78, 5) is 9.20. The van der Waals surface area contributed by atoms with Crippen LogP contribution in [0, 0.1) is 12.7 Å². The molecule has 0 spiro atoms. The van der Waals surface area contributed by atoms with Crippen molar-refractivity contribution in [2.45, 2.75) is 18.4 Å². The van der Waals surface area contributed by atoms with Gasteiger partial charge in [0.1, 0.15) is 10.8 Å². The van der Waals surface area contributed by atoms with Crippen molar-refractivity contribution in [2.75, 3.05) is 0 Å². The van der Waals surface area contributed by atoms with Crippen LogP contribution in [-0.4, -0.2) is 18.4 Å². The lowest BCUT2D eigenvalue weighted by atomic mass is 10.3. The first-order chi connectivity index (χ1) is 11.5. The first kappa shape index (κ1) is 16.7. The summed E-state index contributed by atoms with van der Waals surface area (Å²) < 4.78 is 40.2. The number of nitrogens with zero attached hydrogens (tertiary/aromatic N) is 2. The summed E-state index contributed by atoms with van der Waals surface area (Å²) in [5, 5.41) is 0.778. The molecule has 0 atom stereocenters. The van der Waals surface area contributed by atoms with Crippen molar-refractivity contribution in [2.24, 2.45) is 0 Å². The van der Waals surface area contributed by atoms with Gasteiger partial charge in [-0.05, 0) is 37.3 Å². The van der Waals surface area contributed by atoms with Crippen molar-refractivity contribution >= 4 is 21.4 Å². The van der Waals surface area contributed by atoms with Crippen LogP contribution in [0.1, 0.15) is 10.6 Å². The third-order valence-electron chi connectivity index (χ3n) is 3.33. The van der Waals surface area contributed by atoms with Crippen LogP contribution in [0.4, 0.5) is 4.39 Å². The molecule has 3 aromatic rings. The number of benzene rings is 1. The highest BCUT2D eigenvalue weighted by molar-refractivity contribution is 7.89. The van der Waals surface area contributed by atoms with Crippen molar-refractivity contribution < 1.29 is 12.8 Å². The molecule has 0 aliphatic heterocycles. The van der Waals surface area contributed by atoms with Crippen LogP contribution < -0.4 is 4.72 Å².